The first-order chi connectivity index (χ1) is 14.2. The van der Waals surface area contributed by atoms with Crippen molar-refractivity contribution in [2.45, 2.75) is 6.54 Å². The molecule has 1 N–H and O–H groups in total. The number of amides is 1. The third-order valence-corrected chi connectivity index (χ3v) is 4.58. The molecule has 0 aliphatic rings. The SMILES string of the molecule is O=C(NCc1ccccc1)c1ccnc(-n2ccc(-c3ccccc3)cc2=O)c1. The lowest BCUT2D eigenvalue weighted by Crippen LogP contribution is -2.24. The van der Waals surface area contributed by atoms with Crippen molar-refractivity contribution in [1.29, 1.82) is 0 Å². The molecule has 0 spiro atoms. The highest BCUT2D eigenvalue weighted by Crippen LogP contribution is 2.17. The molecule has 2 heterocycles. The highest BCUT2D eigenvalue weighted by Gasteiger charge is 2.09. The molecule has 0 atom stereocenters. The second-order valence-electron chi connectivity index (χ2n) is 6.56. The molecule has 1 amide bonds. The van der Waals surface area contributed by atoms with Gasteiger partial charge >= 0.3 is 0 Å². The van der Waals surface area contributed by atoms with E-state index in [2.05, 4.69) is 10.3 Å². The first-order valence-corrected chi connectivity index (χ1v) is 9.27. The molecule has 29 heavy (non-hydrogen) atoms. The Kier molecular flexibility index (Phi) is 5.29. The maximum absolute atomic E-state index is 12.6. The van der Waals surface area contributed by atoms with Crippen molar-refractivity contribution in [2.75, 3.05) is 0 Å². The van der Waals surface area contributed by atoms with Crippen molar-refractivity contribution in [3.05, 3.63) is 119 Å². The van der Waals surface area contributed by atoms with E-state index in [1.54, 1.807) is 24.4 Å². The van der Waals surface area contributed by atoms with E-state index >= 15 is 0 Å². The molecule has 0 saturated heterocycles. The van der Waals surface area contributed by atoms with E-state index in [1.165, 1.54) is 10.8 Å². The molecule has 4 aromatic rings. The summed E-state index contributed by atoms with van der Waals surface area (Å²) in [5.74, 6) is 0.188. The van der Waals surface area contributed by atoms with Crippen LogP contribution in [0, 0.1) is 0 Å². The number of rotatable bonds is 5. The van der Waals surface area contributed by atoms with Gasteiger partial charge in [-0.05, 0) is 34.9 Å². The number of nitrogens with zero attached hydrogens (tertiary/aromatic N) is 2. The fourth-order valence-corrected chi connectivity index (χ4v) is 3.05. The van der Waals surface area contributed by atoms with Crippen LogP contribution in [0.5, 0.6) is 0 Å². The van der Waals surface area contributed by atoms with E-state index < -0.39 is 0 Å². The summed E-state index contributed by atoms with van der Waals surface area (Å²) < 4.78 is 1.43. The van der Waals surface area contributed by atoms with Gasteiger partial charge in [0.15, 0.2) is 0 Å². The van der Waals surface area contributed by atoms with Gasteiger partial charge in [-0.15, -0.1) is 0 Å². The van der Waals surface area contributed by atoms with E-state index in [9.17, 15) is 9.59 Å². The molecule has 0 aliphatic heterocycles. The van der Waals surface area contributed by atoms with Crippen LogP contribution in [0.1, 0.15) is 15.9 Å². The zero-order valence-electron chi connectivity index (χ0n) is 15.7. The molecule has 2 aromatic heterocycles. The van der Waals surface area contributed by atoms with Gasteiger partial charge in [0.05, 0.1) is 0 Å². The van der Waals surface area contributed by atoms with Crippen molar-refractivity contribution in [3.8, 4) is 16.9 Å². The molecular formula is C24H19N3O2. The summed E-state index contributed by atoms with van der Waals surface area (Å²) in [6, 6.07) is 26.1. The van der Waals surface area contributed by atoms with Crippen LogP contribution in [0.4, 0.5) is 0 Å². The van der Waals surface area contributed by atoms with E-state index in [4.69, 9.17) is 0 Å². The fraction of sp³-hybridized carbons (Fsp3) is 0.0417. The predicted octanol–water partition coefficient (Wildman–Crippen LogP) is 3.83. The standard InChI is InChI=1S/C24H19N3O2/c28-23-16-20(19-9-5-2-6-10-19)12-14-27(23)22-15-21(11-13-25-22)24(29)26-17-18-7-3-1-4-8-18/h1-16H,17H2,(H,26,29). The van der Waals surface area contributed by atoms with Gasteiger partial charge in [-0.3, -0.25) is 14.2 Å². The highest BCUT2D eigenvalue weighted by atomic mass is 16.1. The summed E-state index contributed by atoms with van der Waals surface area (Å²) in [5.41, 5.74) is 3.07. The van der Waals surface area contributed by atoms with Gasteiger partial charge < -0.3 is 5.32 Å². The minimum atomic E-state index is -0.216. The number of nitrogens with one attached hydrogen (secondary N) is 1. The van der Waals surface area contributed by atoms with Gasteiger partial charge in [0.2, 0.25) is 0 Å². The zero-order chi connectivity index (χ0) is 20.1. The molecule has 0 bridgehead atoms. The van der Waals surface area contributed by atoms with E-state index in [0.29, 0.717) is 17.9 Å². The average molecular weight is 381 g/mol. The molecule has 0 radical (unpaired) electrons. The molecular weight excluding hydrogens is 362 g/mol. The Bertz CT molecular complexity index is 1190. The summed E-state index contributed by atoms with van der Waals surface area (Å²) >= 11 is 0. The lowest BCUT2D eigenvalue weighted by molar-refractivity contribution is 0.0950. The summed E-state index contributed by atoms with van der Waals surface area (Å²) in [6.07, 6.45) is 3.21. The summed E-state index contributed by atoms with van der Waals surface area (Å²) in [7, 11) is 0. The van der Waals surface area contributed by atoms with Gasteiger partial charge in [-0.1, -0.05) is 60.7 Å². The molecule has 142 valence electrons. The van der Waals surface area contributed by atoms with Crippen molar-refractivity contribution in [3.63, 3.8) is 0 Å². The molecule has 0 fully saturated rings. The Hall–Kier alpha value is -3.99. The Morgan fingerprint density at radius 1 is 0.862 bits per heavy atom. The maximum Gasteiger partial charge on any atom is 0.256 e. The van der Waals surface area contributed by atoms with E-state index in [-0.39, 0.29) is 11.5 Å². The maximum atomic E-state index is 12.6. The van der Waals surface area contributed by atoms with E-state index in [0.717, 1.165) is 16.7 Å². The smallest absolute Gasteiger partial charge is 0.256 e. The minimum absolute atomic E-state index is 0.208. The monoisotopic (exact) mass is 381 g/mol. The molecule has 0 aliphatic carbocycles. The lowest BCUT2D eigenvalue weighted by Gasteiger charge is -2.09. The van der Waals surface area contributed by atoms with Gasteiger partial charge in [0.25, 0.3) is 11.5 Å². The van der Waals surface area contributed by atoms with Gasteiger partial charge in [-0.25, -0.2) is 4.98 Å². The lowest BCUT2D eigenvalue weighted by atomic mass is 10.1. The summed E-state index contributed by atoms with van der Waals surface area (Å²) in [6.45, 7) is 0.434. The van der Waals surface area contributed by atoms with Crippen molar-refractivity contribution in [2.24, 2.45) is 0 Å². The molecule has 4 rings (SSSR count). The summed E-state index contributed by atoms with van der Waals surface area (Å²) in [4.78, 5) is 29.4. The van der Waals surface area contributed by atoms with Crippen LogP contribution in [-0.2, 0) is 6.54 Å². The Labute approximate surface area is 168 Å². The molecule has 2 aromatic carbocycles. The number of aromatic nitrogens is 2. The normalized spacial score (nSPS) is 10.5. The second-order valence-corrected chi connectivity index (χ2v) is 6.56. The van der Waals surface area contributed by atoms with Crippen molar-refractivity contribution >= 4 is 5.91 Å². The molecule has 0 unspecified atom stereocenters. The quantitative estimate of drug-likeness (QED) is 0.571. The number of hydrogen-bond donors (Lipinski definition) is 1. The second kappa shape index (κ2) is 8.35. The topological polar surface area (TPSA) is 64.0 Å². The van der Waals surface area contributed by atoms with Crippen molar-refractivity contribution in [1.82, 2.24) is 14.9 Å². The Morgan fingerprint density at radius 2 is 1.59 bits per heavy atom. The van der Waals surface area contributed by atoms with Crippen LogP contribution in [0.15, 0.2) is 102 Å². The van der Waals surface area contributed by atoms with Crippen LogP contribution in [0.3, 0.4) is 0 Å². The minimum Gasteiger partial charge on any atom is -0.348 e. The van der Waals surface area contributed by atoms with Crippen LogP contribution < -0.4 is 10.9 Å². The van der Waals surface area contributed by atoms with Crippen LogP contribution in [0.25, 0.3) is 16.9 Å². The Morgan fingerprint density at radius 3 is 2.31 bits per heavy atom. The number of hydrogen-bond acceptors (Lipinski definition) is 3. The zero-order valence-corrected chi connectivity index (χ0v) is 15.7. The van der Waals surface area contributed by atoms with Gasteiger partial charge in [-0.2, -0.15) is 0 Å². The molecule has 0 saturated carbocycles. The van der Waals surface area contributed by atoms with Gasteiger partial charge in [0, 0.05) is 30.6 Å². The third kappa shape index (κ3) is 4.30. The first kappa shape index (κ1) is 18.4. The highest BCUT2D eigenvalue weighted by molar-refractivity contribution is 5.94. The van der Waals surface area contributed by atoms with Crippen LogP contribution in [0.2, 0.25) is 0 Å². The molecule has 5 heteroatoms. The largest absolute Gasteiger partial charge is 0.348 e. The number of carbonyl (C=O) groups excluding carboxylic acids is 1. The Balaban J connectivity index is 1.55. The molecule has 5 nitrogen and oxygen atoms in total. The number of pyridine rings is 2. The first-order valence-electron chi connectivity index (χ1n) is 9.27. The van der Waals surface area contributed by atoms with Gasteiger partial charge in [0.1, 0.15) is 5.82 Å². The van der Waals surface area contributed by atoms with Crippen LogP contribution in [-0.4, -0.2) is 15.5 Å². The fourth-order valence-electron chi connectivity index (χ4n) is 3.05. The van der Waals surface area contributed by atoms with Crippen LogP contribution >= 0.6 is 0 Å². The summed E-state index contributed by atoms with van der Waals surface area (Å²) in [5, 5.41) is 2.89. The number of carbonyl (C=O) groups is 1. The number of benzene rings is 2. The van der Waals surface area contributed by atoms with Crippen molar-refractivity contribution < 1.29 is 4.79 Å². The third-order valence-electron chi connectivity index (χ3n) is 4.58. The average Bonchev–Trinajstić information content (AvgIpc) is 2.79. The van der Waals surface area contributed by atoms with E-state index in [1.807, 2.05) is 66.7 Å². The predicted molar refractivity (Wildman–Crippen MR) is 113 cm³/mol.